The summed E-state index contributed by atoms with van der Waals surface area (Å²) in [6.07, 6.45) is 0. The summed E-state index contributed by atoms with van der Waals surface area (Å²) in [5.74, 6) is 3.65. The molecule has 0 radical (unpaired) electrons. The van der Waals surface area contributed by atoms with E-state index in [4.69, 9.17) is 9.51 Å². The SMILES string of the molecule is CCN(CC)c1cc(Nc2cc(C)on2)nc(-c2ccccc2)n1. The van der Waals surface area contributed by atoms with Crippen LogP contribution < -0.4 is 10.2 Å². The third kappa shape index (κ3) is 3.53. The molecule has 2 heterocycles. The number of hydrogen-bond acceptors (Lipinski definition) is 6. The first-order valence-corrected chi connectivity index (χ1v) is 8.09. The molecule has 0 amide bonds. The maximum absolute atomic E-state index is 5.11. The maximum atomic E-state index is 5.11. The van der Waals surface area contributed by atoms with Crippen molar-refractivity contribution in [1.29, 1.82) is 0 Å². The summed E-state index contributed by atoms with van der Waals surface area (Å²) in [5.41, 5.74) is 0.978. The Balaban J connectivity index is 2.02. The number of hydrogen-bond donors (Lipinski definition) is 1. The molecule has 0 bridgehead atoms. The van der Waals surface area contributed by atoms with Gasteiger partial charge < -0.3 is 14.7 Å². The maximum Gasteiger partial charge on any atom is 0.175 e. The van der Waals surface area contributed by atoms with E-state index in [0.29, 0.717) is 17.5 Å². The summed E-state index contributed by atoms with van der Waals surface area (Å²) >= 11 is 0. The molecule has 0 atom stereocenters. The summed E-state index contributed by atoms with van der Waals surface area (Å²) in [6, 6.07) is 13.7. The molecular weight excluding hydrogens is 302 g/mol. The van der Waals surface area contributed by atoms with E-state index in [1.54, 1.807) is 0 Å². The second-order valence-corrected chi connectivity index (χ2v) is 5.42. The zero-order valence-corrected chi connectivity index (χ0v) is 14.2. The second kappa shape index (κ2) is 7.12. The van der Waals surface area contributed by atoms with Crippen molar-refractivity contribution in [3.63, 3.8) is 0 Å². The van der Waals surface area contributed by atoms with Gasteiger partial charge in [0, 0.05) is 30.8 Å². The minimum Gasteiger partial charge on any atom is -0.360 e. The van der Waals surface area contributed by atoms with Crippen LogP contribution in [-0.4, -0.2) is 28.2 Å². The molecule has 2 aromatic heterocycles. The minimum absolute atomic E-state index is 0.635. The summed E-state index contributed by atoms with van der Waals surface area (Å²) < 4.78 is 5.11. The van der Waals surface area contributed by atoms with Crippen LogP contribution >= 0.6 is 0 Å². The zero-order valence-electron chi connectivity index (χ0n) is 14.2. The molecule has 24 heavy (non-hydrogen) atoms. The molecule has 1 aromatic carbocycles. The number of nitrogens with zero attached hydrogens (tertiary/aromatic N) is 4. The summed E-state index contributed by atoms with van der Waals surface area (Å²) in [7, 11) is 0. The van der Waals surface area contributed by atoms with Crippen molar-refractivity contribution in [2.24, 2.45) is 0 Å². The fraction of sp³-hybridized carbons (Fsp3) is 0.278. The van der Waals surface area contributed by atoms with Crippen molar-refractivity contribution in [2.75, 3.05) is 23.3 Å². The van der Waals surface area contributed by atoms with Crippen molar-refractivity contribution in [3.8, 4) is 11.4 Å². The molecule has 0 aliphatic carbocycles. The third-order valence-electron chi connectivity index (χ3n) is 3.72. The molecule has 0 spiro atoms. The molecule has 1 N–H and O–H groups in total. The number of aryl methyl sites for hydroxylation is 1. The third-order valence-corrected chi connectivity index (χ3v) is 3.72. The highest BCUT2D eigenvalue weighted by molar-refractivity contribution is 5.64. The van der Waals surface area contributed by atoms with Crippen LogP contribution in [0.5, 0.6) is 0 Å². The molecule has 6 heteroatoms. The first kappa shape index (κ1) is 16.0. The number of benzene rings is 1. The molecule has 0 saturated heterocycles. The van der Waals surface area contributed by atoms with E-state index in [1.165, 1.54) is 0 Å². The highest BCUT2D eigenvalue weighted by Gasteiger charge is 2.12. The lowest BCUT2D eigenvalue weighted by atomic mass is 10.2. The first-order chi connectivity index (χ1) is 11.7. The van der Waals surface area contributed by atoms with E-state index in [0.717, 1.165) is 30.2 Å². The highest BCUT2D eigenvalue weighted by atomic mass is 16.5. The van der Waals surface area contributed by atoms with Gasteiger partial charge in [-0.3, -0.25) is 0 Å². The van der Waals surface area contributed by atoms with E-state index in [1.807, 2.05) is 49.4 Å². The van der Waals surface area contributed by atoms with Gasteiger partial charge in [0.2, 0.25) is 0 Å². The van der Waals surface area contributed by atoms with E-state index >= 15 is 0 Å². The van der Waals surface area contributed by atoms with Crippen LogP contribution in [0.3, 0.4) is 0 Å². The average molecular weight is 323 g/mol. The highest BCUT2D eigenvalue weighted by Crippen LogP contribution is 2.24. The zero-order chi connectivity index (χ0) is 16.9. The Morgan fingerprint density at radius 2 is 1.75 bits per heavy atom. The minimum atomic E-state index is 0.635. The standard InChI is InChI=1S/C18H21N5O/c1-4-23(5-2)17-12-15(19-16-11-13(3)24-22-16)20-18(21-17)14-9-7-6-8-10-14/h6-12H,4-5H2,1-3H3,(H,19,20,21,22). The predicted octanol–water partition coefficient (Wildman–Crippen LogP) is 4.03. The molecule has 0 fully saturated rings. The monoisotopic (exact) mass is 323 g/mol. The summed E-state index contributed by atoms with van der Waals surface area (Å²) in [4.78, 5) is 11.5. The van der Waals surface area contributed by atoms with Gasteiger partial charge >= 0.3 is 0 Å². The smallest absolute Gasteiger partial charge is 0.175 e. The first-order valence-electron chi connectivity index (χ1n) is 8.09. The Bertz CT molecular complexity index is 796. The van der Waals surface area contributed by atoms with E-state index in [9.17, 15) is 0 Å². The molecular formula is C18H21N5O. The summed E-state index contributed by atoms with van der Waals surface area (Å²) in [5, 5.41) is 7.16. The van der Waals surface area contributed by atoms with Crippen LogP contribution in [0, 0.1) is 6.92 Å². The van der Waals surface area contributed by atoms with Gasteiger partial charge in [-0.05, 0) is 20.8 Å². The molecule has 0 aliphatic heterocycles. The van der Waals surface area contributed by atoms with E-state index in [-0.39, 0.29) is 0 Å². The van der Waals surface area contributed by atoms with Gasteiger partial charge in [-0.2, -0.15) is 0 Å². The van der Waals surface area contributed by atoms with Crippen LogP contribution in [0.15, 0.2) is 47.0 Å². The molecule has 0 saturated carbocycles. The molecule has 3 aromatic rings. The Kier molecular flexibility index (Phi) is 4.74. The van der Waals surface area contributed by atoms with E-state index in [2.05, 4.69) is 34.2 Å². The number of nitrogens with one attached hydrogen (secondary N) is 1. The Morgan fingerprint density at radius 1 is 1.00 bits per heavy atom. The van der Waals surface area contributed by atoms with Gasteiger partial charge in [0.25, 0.3) is 0 Å². The quantitative estimate of drug-likeness (QED) is 0.739. The second-order valence-electron chi connectivity index (χ2n) is 5.42. The van der Waals surface area contributed by atoms with Crippen molar-refractivity contribution >= 4 is 17.5 Å². The molecule has 0 unspecified atom stereocenters. The Hall–Kier alpha value is -2.89. The largest absolute Gasteiger partial charge is 0.360 e. The van der Waals surface area contributed by atoms with Gasteiger partial charge in [-0.1, -0.05) is 35.5 Å². The van der Waals surface area contributed by atoms with Crippen LogP contribution in [0.1, 0.15) is 19.6 Å². The lowest BCUT2D eigenvalue weighted by molar-refractivity contribution is 0.400. The van der Waals surface area contributed by atoms with Gasteiger partial charge in [0.1, 0.15) is 17.4 Å². The Labute approximate surface area is 141 Å². The van der Waals surface area contributed by atoms with Gasteiger partial charge in [0.05, 0.1) is 0 Å². The molecule has 124 valence electrons. The number of rotatable bonds is 6. The average Bonchev–Trinajstić information content (AvgIpc) is 3.01. The molecule has 0 aliphatic rings. The normalized spacial score (nSPS) is 10.6. The van der Waals surface area contributed by atoms with E-state index < -0.39 is 0 Å². The molecule has 3 rings (SSSR count). The lowest BCUT2D eigenvalue weighted by Crippen LogP contribution is -2.23. The molecule has 6 nitrogen and oxygen atoms in total. The van der Waals surface area contributed by atoms with Crippen LogP contribution in [0.25, 0.3) is 11.4 Å². The van der Waals surface area contributed by atoms with Crippen molar-refractivity contribution in [3.05, 3.63) is 48.2 Å². The van der Waals surface area contributed by atoms with Gasteiger partial charge in [-0.25, -0.2) is 9.97 Å². The topological polar surface area (TPSA) is 67.1 Å². The summed E-state index contributed by atoms with van der Waals surface area (Å²) in [6.45, 7) is 7.84. The van der Waals surface area contributed by atoms with Gasteiger partial charge in [0.15, 0.2) is 11.6 Å². The van der Waals surface area contributed by atoms with Crippen LogP contribution in [0.2, 0.25) is 0 Å². The predicted molar refractivity (Wildman–Crippen MR) is 95.6 cm³/mol. The number of aromatic nitrogens is 3. The van der Waals surface area contributed by atoms with Crippen molar-refractivity contribution in [1.82, 2.24) is 15.1 Å². The van der Waals surface area contributed by atoms with Crippen molar-refractivity contribution in [2.45, 2.75) is 20.8 Å². The van der Waals surface area contributed by atoms with Crippen molar-refractivity contribution < 1.29 is 4.52 Å². The number of anilines is 3. The fourth-order valence-electron chi connectivity index (χ4n) is 2.48. The fourth-order valence-corrected chi connectivity index (χ4v) is 2.48. The lowest BCUT2D eigenvalue weighted by Gasteiger charge is -2.21. The van der Waals surface area contributed by atoms with Gasteiger partial charge in [-0.15, -0.1) is 0 Å². The van der Waals surface area contributed by atoms with Crippen LogP contribution in [0.4, 0.5) is 17.5 Å². The Morgan fingerprint density at radius 3 is 2.38 bits per heavy atom. The van der Waals surface area contributed by atoms with Crippen LogP contribution in [-0.2, 0) is 0 Å².